The fourth-order valence-corrected chi connectivity index (χ4v) is 0. The van der Waals surface area contributed by atoms with E-state index in [2.05, 4.69) is 16.5 Å². The van der Waals surface area contributed by atoms with E-state index in [-0.39, 0.29) is 0 Å². The summed E-state index contributed by atoms with van der Waals surface area (Å²) in [6.45, 7) is 1.63. The van der Waals surface area contributed by atoms with Gasteiger partial charge in [0.05, 0.1) is 6.92 Å². The van der Waals surface area contributed by atoms with Gasteiger partial charge in [-0.05, 0) is 0 Å². The molecule has 0 rings (SSSR count). The first-order valence-electron chi connectivity index (χ1n) is 1.10. The van der Waals surface area contributed by atoms with Gasteiger partial charge in [0.25, 0.3) is 0 Å². The minimum absolute atomic E-state index is 0.417. The maximum Gasteiger partial charge on any atom is 0.423 e. The van der Waals surface area contributed by atoms with Crippen LogP contribution in [0.25, 0.3) is 0 Å². The van der Waals surface area contributed by atoms with Crippen molar-refractivity contribution in [2.45, 2.75) is 6.92 Å². The summed E-state index contributed by atoms with van der Waals surface area (Å²) in [4.78, 5) is 0. The van der Waals surface area contributed by atoms with Gasteiger partial charge in [-0.2, -0.15) is 0 Å². The van der Waals surface area contributed by atoms with Gasteiger partial charge in [0.2, 0.25) is 0 Å². The molecule has 0 aliphatic carbocycles. The Labute approximate surface area is 40.8 Å². The average molecular weight is 109 g/mol. The van der Waals surface area contributed by atoms with E-state index in [4.69, 9.17) is 11.6 Å². The Morgan fingerprint density at radius 2 is 2.20 bits per heavy atom. The third kappa shape index (κ3) is 4.09. The quantitative estimate of drug-likeness (QED) is 0.325. The topological polar surface area (TPSA) is 14.1 Å². The van der Waals surface area contributed by atoms with Crippen LogP contribution in [-0.2, 0) is 12.4 Å². The first kappa shape index (κ1) is 5.09. The Balaban J connectivity index is 3.60. The second-order valence-electron chi connectivity index (χ2n) is 0.588. The van der Waals surface area contributed by atoms with Crippen molar-refractivity contribution in [1.29, 1.82) is 0 Å². The molecule has 0 atom stereocenters. The molecule has 0 amide bonds. The van der Waals surface area contributed by atoms with Crippen LogP contribution in [0.3, 0.4) is 0 Å². The molecule has 0 fully saturated rings. The summed E-state index contributed by atoms with van der Waals surface area (Å²) in [5.74, 6) is 0. The fraction of sp³-hybridized carbons (Fsp3) is 0.500. The highest BCUT2D eigenvalue weighted by atomic mass is 35.5. The Bertz CT molecular complexity index is 69.7. The smallest absolute Gasteiger partial charge is 0.00493 e. The molecule has 3 heteroatoms. The van der Waals surface area contributed by atoms with E-state index in [1.54, 1.807) is 6.92 Å². The first-order valence-corrected chi connectivity index (χ1v) is 1.84. The van der Waals surface area contributed by atoms with Crippen molar-refractivity contribution in [3.8, 4) is 0 Å². The van der Waals surface area contributed by atoms with Crippen LogP contribution >= 0.6 is 11.6 Å². The van der Waals surface area contributed by atoms with Gasteiger partial charge in [0, 0.05) is 15.6 Å². The van der Waals surface area contributed by atoms with Gasteiger partial charge in [-0.15, -0.1) is 0 Å². The second kappa shape index (κ2) is 2.33. The molecule has 0 aliphatic rings. The third-order valence-corrected chi connectivity index (χ3v) is 0.584. The fourth-order valence-electron chi connectivity index (χ4n) is 0. The van der Waals surface area contributed by atoms with Gasteiger partial charge in [0.15, 0.2) is 0 Å². The molecule has 0 bridgehead atoms. The number of nitrogens with zero attached hydrogens (tertiary/aromatic N) is 1. The summed E-state index contributed by atoms with van der Waals surface area (Å²) in [6.07, 6.45) is 0. The Morgan fingerprint density at radius 3 is 2.20 bits per heavy atom. The molecule has 0 spiro atoms. The van der Waals surface area contributed by atoms with Crippen LogP contribution in [0.15, 0.2) is 0 Å². The van der Waals surface area contributed by atoms with Crippen LogP contribution < -0.4 is 4.04 Å². The molecule has 0 aromatic rings. The maximum atomic E-state index is 5.11. The minimum atomic E-state index is 0.417. The van der Waals surface area contributed by atoms with E-state index < -0.39 is 0 Å². The summed E-state index contributed by atoms with van der Waals surface area (Å²) in [5.41, 5.74) is 0. The third-order valence-electron chi connectivity index (χ3n) is 0.126. The summed E-state index contributed by atoms with van der Waals surface area (Å²) in [7, 11) is 0. The molecule has 0 radical (unpaired) electrons. The summed E-state index contributed by atoms with van der Waals surface area (Å²) in [5, 5.41) is 0.417. The van der Waals surface area contributed by atoms with Crippen molar-refractivity contribution >= 4 is 29.2 Å². The van der Waals surface area contributed by atoms with Crippen molar-refractivity contribution in [2.75, 3.05) is 0 Å². The molecule has 0 heterocycles. The molecule has 0 N–H and O–H groups in total. The zero-order valence-corrected chi connectivity index (χ0v) is 4.31. The molecule has 0 aliphatic heterocycles. The molecule has 0 saturated heterocycles. The van der Waals surface area contributed by atoms with Crippen LogP contribution in [0.2, 0.25) is 0 Å². The molecular formula is C2H3ClNS+. The molecule has 0 aromatic heterocycles. The van der Waals surface area contributed by atoms with Crippen molar-refractivity contribution < 1.29 is 0 Å². The number of rotatable bonds is 0. The van der Waals surface area contributed by atoms with Gasteiger partial charge in [-0.25, -0.2) is 0 Å². The van der Waals surface area contributed by atoms with E-state index in [1.165, 1.54) is 0 Å². The van der Waals surface area contributed by atoms with E-state index in [1.807, 2.05) is 0 Å². The monoisotopic (exact) mass is 108 g/mol. The van der Waals surface area contributed by atoms with E-state index >= 15 is 0 Å². The molecular weight excluding hydrogens is 106 g/mol. The van der Waals surface area contributed by atoms with Crippen LogP contribution in [0.1, 0.15) is 6.92 Å². The summed E-state index contributed by atoms with van der Waals surface area (Å²) in [6, 6.07) is 0. The van der Waals surface area contributed by atoms with Crippen LogP contribution in [0, 0.1) is 0 Å². The Morgan fingerprint density at radius 1 is 2.00 bits per heavy atom. The zero-order chi connectivity index (χ0) is 4.28. The normalized spacial score (nSPS) is 6.00. The first-order chi connectivity index (χ1) is 2.27. The van der Waals surface area contributed by atoms with Crippen molar-refractivity contribution in [3.63, 3.8) is 0 Å². The highest BCUT2D eigenvalue weighted by Gasteiger charge is 1.84. The molecule has 28 valence electrons. The van der Waals surface area contributed by atoms with E-state index in [0.717, 1.165) is 0 Å². The zero-order valence-electron chi connectivity index (χ0n) is 2.73. The molecule has 5 heavy (non-hydrogen) atoms. The van der Waals surface area contributed by atoms with Crippen LogP contribution in [0.5, 0.6) is 0 Å². The van der Waals surface area contributed by atoms with Gasteiger partial charge in [-0.3, -0.25) is 0 Å². The number of hydrogen-bond donors (Lipinski definition) is 0. The second-order valence-corrected chi connectivity index (χ2v) is 1.32. The Kier molecular flexibility index (Phi) is 2.38. The standard InChI is InChI=1S/C2H3ClNS/c1-2(3)4-5/h1H3/q+1. The summed E-state index contributed by atoms with van der Waals surface area (Å²) < 4.78 is 3.15. The lowest BCUT2D eigenvalue weighted by Crippen LogP contribution is -1.74. The van der Waals surface area contributed by atoms with Gasteiger partial charge >= 0.3 is 17.6 Å². The highest BCUT2D eigenvalue weighted by Crippen LogP contribution is 1.67. The van der Waals surface area contributed by atoms with Crippen LogP contribution in [-0.4, -0.2) is 5.17 Å². The van der Waals surface area contributed by atoms with Gasteiger partial charge < -0.3 is 0 Å². The SMILES string of the molecule is CC(Cl)=[N+]=S. The predicted molar refractivity (Wildman–Crippen MR) is 26.0 cm³/mol. The largest absolute Gasteiger partial charge is 0.423 e. The van der Waals surface area contributed by atoms with Crippen molar-refractivity contribution in [3.05, 3.63) is 0 Å². The van der Waals surface area contributed by atoms with E-state index in [9.17, 15) is 0 Å². The minimum Gasteiger partial charge on any atom is 0.00493 e. The van der Waals surface area contributed by atoms with Gasteiger partial charge in [-0.1, -0.05) is 0 Å². The summed E-state index contributed by atoms with van der Waals surface area (Å²) >= 11 is 9.24. The van der Waals surface area contributed by atoms with E-state index in [0.29, 0.717) is 5.17 Å². The lowest BCUT2D eigenvalue weighted by Gasteiger charge is -1.42. The molecule has 0 unspecified atom stereocenters. The average Bonchev–Trinajstić information content (AvgIpc) is 1.38. The van der Waals surface area contributed by atoms with Crippen molar-refractivity contribution in [1.82, 2.24) is 4.04 Å². The van der Waals surface area contributed by atoms with Crippen LogP contribution in [0.4, 0.5) is 0 Å². The molecule has 0 saturated carbocycles. The highest BCUT2D eigenvalue weighted by molar-refractivity contribution is 7.46. The van der Waals surface area contributed by atoms with Crippen molar-refractivity contribution in [2.24, 2.45) is 0 Å². The van der Waals surface area contributed by atoms with Gasteiger partial charge in [0.1, 0.15) is 0 Å². The molecule has 0 aromatic carbocycles. The maximum absolute atomic E-state index is 5.11. The Hall–Kier alpha value is 0.0900. The lowest BCUT2D eigenvalue weighted by molar-refractivity contribution is 1.75. The number of halogens is 1. The molecule has 1 nitrogen and oxygen atoms in total. The predicted octanol–water partition coefficient (Wildman–Crippen LogP) is 0.441. The lowest BCUT2D eigenvalue weighted by atomic mass is 10.9. The number of hydrogen-bond acceptors (Lipinski definition) is 1.